The molecule has 2 heterocycles. The third-order valence-corrected chi connectivity index (χ3v) is 5.30. The van der Waals surface area contributed by atoms with Gasteiger partial charge in [-0.15, -0.1) is 11.3 Å². The summed E-state index contributed by atoms with van der Waals surface area (Å²) < 4.78 is 30.7. The van der Waals surface area contributed by atoms with E-state index in [9.17, 15) is 18.4 Å². The molecular weight excluding hydrogens is 388 g/mol. The highest BCUT2D eigenvalue weighted by Gasteiger charge is 2.24. The number of nitrogens with one attached hydrogen (secondary N) is 2. The van der Waals surface area contributed by atoms with Gasteiger partial charge >= 0.3 is 5.97 Å². The van der Waals surface area contributed by atoms with Crippen LogP contribution in [0.3, 0.4) is 0 Å². The fourth-order valence-electron chi connectivity index (χ4n) is 2.96. The smallest absolute Gasteiger partial charge is 0.341 e. The van der Waals surface area contributed by atoms with Gasteiger partial charge < -0.3 is 15.0 Å². The second-order valence-electron chi connectivity index (χ2n) is 6.02. The molecule has 2 N–H and O–H groups in total. The number of imidazole rings is 1. The molecule has 0 saturated carbocycles. The lowest BCUT2D eigenvalue weighted by atomic mass is 10.1. The molecule has 148 valence electrons. The number of alkyl halides is 2. The lowest BCUT2D eigenvalue weighted by molar-refractivity contribution is 0.0527. The second kappa shape index (κ2) is 8.05. The molecule has 0 aliphatic heterocycles. The molecule has 0 aliphatic carbocycles. The second-order valence-corrected chi connectivity index (χ2v) is 7.25. The molecule has 2 aromatic heterocycles. The first-order valence-corrected chi connectivity index (χ1v) is 9.55. The van der Waals surface area contributed by atoms with Crippen molar-refractivity contribution >= 4 is 39.2 Å². The van der Waals surface area contributed by atoms with E-state index in [0.29, 0.717) is 28.0 Å². The number of H-pyrrole nitrogens is 1. The normalized spacial score (nSPS) is 11.2. The minimum atomic E-state index is -2.72. The van der Waals surface area contributed by atoms with Crippen LogP contribution in [0.1, 0.15) is 57.3 Å². The quantitative estimate of drug-likeness (QED) is 0.572. The van der Waals surface area contributed by atoms with Gasteiger partial charge in [-0.3, -0.25) is 4.79 Å². The summed E-state index contributed by atoms with van der Waals surface area (Å²) in [4.78, 5) is 32.3. The van der Waals surface area contributed by atoms with Gasteiger partial charge in [-0.2, -0.15) is 0 Å². The number of aromatic nitrogens is 2. The monoisotopic (exact) mass is 407 g/mol. The van der Waals surface area contributed by atoms with Crippen LogP contribution < -0.4 is 5.32 Å². The van der Waals surface area contributed by atoms with Gasteiger partial charge in [0.25, 0.3) is 12.3 Å². The van der Waals surface area contributed by atoms with E-state index >= 15 is 0 Å². The van der Waals surface area contributed by atoms with E-state index in [1.807, 2.05) is 13.8 Å². The van der Waals surface area contributed by atoms with E-state index in [4.69, 9.17) is 4.74 Å². The van der Waals surface area contributed by atoms with Crippen LogP contribution in [-0.2, 0) is 11.2 Å². The molecule has 9 heteroatoms. The number of carbonyl (C=O) groups excluding carboxylic acids is 2. The molecule has 3 rings (SSSR count). The predicted molar refractivity (Wildman–Crippen MR) is 103 cm³/mol. The Hall–Kier alpha value is -2.81. The number of aryl methyl sites for hydroxylation is 1. The van der Waals surface area contributed by atoms with E-state index < -0.39 is 24.1 Å². The van der Waals surface area contributed by atoms with Crippen molar-refractivity contribution in [2.75, 3.05) is 11.9 Å². The molecule has 28 heavy (non-hydrogen) atoms. The summed E-state index contributed by atoms with van der Waals surface area (Å²) >= 11 is 1.30. The van der Waals surface area contributed by atoms with Gasteiger partial charge in [0, 0.05) is 10.4 Å². The largest absolute Gasteiger partial charge is 0.462 e. The summed E-state index contributed by atoms with van der Waals surface area (Å²) in [5, 5.41) is 3.17. The first kappa shape index (κ1) is 19.9. The number of anilines is 1. The van der Waals surface area contributed by atoms with E-state index in [-0.39, 0.29) is 12.2 Å². The molecule has 0 spiro atoms. The average molecular weight is 407 g/mol. The highest BCUT2D eigenvalue weighted by Crippen LogP contribution is 2.34. The van der Waals surface area contributed by atoms with Gasteiger partial charge in [0.1, 0.15) is 5.00 Å². The number of amides is 1. The number of esters is 1. The zero-order valence-electron chi connectivity index (χ0n) is 15.6. The summed E-state index contributed by atoms with van der Waals surface area (Å²) in [6.07, 6.45) is -2.10. The van der Waals surface area contributed by atoms with Crippen molar-refractivity contribution in [1.29, 1.82) is 0 Å². The Morgan fingerprint density at radius 3 is 2.71 bits per heavy atom. The Kier molecular flexibility index (Phi) is 5.73. The fraction of sp³-hybridized carbons (Fsp3) is 0.316. The minimum Gasteiger partial charge on any atom is -0.462 e. The maximum absolute atomic E-state index is 12.8. The Balaban J connectivity index is 1.92. The molecule has 1 aromatic carbocycles. The van der Waals surface area contributed by atoms with Crippen molar-refractivity contribution in [3.05, 3.63) is 45.6 Å². The number of fused-ring (bicyclic) bond motifs is 1. The van der Waals surface area contributed by atoms with Crippen LogP contribution in [0.5, 0.6) is 0 Å². The summed E-state index contributed by atoms with van der Waals surface area (Å²) in [5.41, 5.74) is 2.15. The first-order valence-electron chi connectivity index (χ1n) is 8.74. The van der Waals surface area contributed by atoms with Crippen molar-refractivity contribution in [2.24, 2.45) is 0 Å². The van der Waals surface area contributed by atoms with Crippen molar-refractivity contribution < 1.29 is 23.1 Å². The zero-order valence-corrected chi connectivity index (χ0v) is 16.4. The van der Waals surface area contributed by atoms with Gasteiger partial charge in [0.2, 0.25) is 0 Å². The standard InChI is InChI=1S/C19H19F2N3O3S/c1-4-11-9(3)28-18(14(11)19(26)27-5-2)24-17(25)10-6-7-12-13(8-10)23-16(22-12)15(20)21/h6-8,15H,4-5H2,1-3H3,(H,22,23)(H,24,25). The van der Waals surface area contributed by atoms with Gasteiger partial charge in [-0.25, -0.2) is 18.6 Å². The zero-order chi connectivity index (χ0) is 20.4. The molecule has 0 bridgehead atoms. The van der Waals surface area contributed by atoms with Crippen LogP contribution in [-0.4, -0.2) is 28.5 Å². The molecule has 1 amide bonds. The van der Waals surface area contributed by atoms with Gasteiger partial charge in [0.05, 0.1) is 23.2 Å². The van der Waals surface area contributed by atoms with Crippen molar-refractivity contribution in [1.82, 2.24) is 9.97 Å². The Bertz CT molecular complexity index is 1040. The molecule has 0 fully saturated rings. The summed E-state index contributed by atoms with van der Waals surface area (Å²) in [6, 6.07) is 4.45. The lowest BCUT2D eigenvalue weighted by Gasteiger charge is -2.08. The van der Waals surface area contributed by atoms with E-state index in [1.165, 1.54) is 29.5 Å². The molecule has 0 atom stereocenters. The number of nitrogens with zero attached hydrogens (tertiary/aromatic N) is 1. The fourth-order valence-corrected chi connectivity index (χ4v) is 4.09. The van der Waals surface area contributed by atoms with Gasteiger partial charge in [-0.05, 0) is 44.0 Å². The van der Waals surface area contributed by atoms with Crippen molar-refractivity contribution in [2.45, 2.75) is 33.6 Å². The van der Waals surface area contributed by atoms with Crippen LogP contribution in [0.4, 0.5) is 13.8 Å². The lowest BCUT2D eigenvalue weighted by Crippen LogP contribution is -2.15. The van der Waals surface area contributed by atoms with Crippen LogP contribution in [0.25, 0.3) is 11.0 Å². The van der Waals surface area contributed by atoms with Crippen molar-refractivity contribution in [3.63, 3.8) is 0 Å². The minimum absolute atomic E-state index is 0.229. The number of thiophene rings is 1. The Morgan fingerprint density at radius 1 is 1.32 bits per heavy atom. The van der Waals surface area contributed by atoms with Crippen LogP contribution >= 0.6 is 11.3 Å². The van der Waals surface area contributed by atoms with Crippen molar-refractivity contribution in [3.8, 4) is 0 Å². The van der Waals surface area contributed by atoms with Crippen LogP contribution in [0.2, 0.25) is 0 Å². The average Bonchev–Trinajstić information content (AvgIpc) is 3.21. The molecule has 0 aliphatic rings. The number of halogens is 2. The number of hydrogen-bond donors (Lipinski definition) is 2. The predicted octanol–water partition coefficient (Wildman–Crippen LogP) is 4.86. The Morgan fingerprint density at radius 2 is 2.07 bits per heavy atom. The number of rotatable bonds is 6. The molecule has 0 saturated heterocycles. The van der Waals surface area contributed by atoms with Crippen LogP contribution in [0.15, 0.2) is 18.2 Å². The van der Waals surface area contributed by atoms with E-state index in [1.54, 1.807) is 6.92 Å². The van der Waals surface area contributed by atoms with E-state index in [0.717, 1.165) is 10.4 Å². The highest BCUT2D eigenvalue weighted by atomic mass is 32.1. The highest BCUT2D eigenvalue weighted by molar-refractivity contribution is 7.16. The SMILES string of the molecule is CCOC(=O)c1c(NC(=O)c2ccc3nc(C(F)F)[nH]c3c2)sc(C)c1CC. The number of benzene rings is 1. The Labute approximate surface area is 163 Å². The third-order valence-electron chi connectivity index (χ3n) is 4.24. The van der Waals surface area contributed by atoms with Gasteiger partial charge in [0.15, 0.2) is 5.82 Å². The number of carbonyl (C=O) groups is 2. The van der Waals surface area contributed by atoms with Gasteiger partial charge in [-0.1, -0.05) is 6.92 Å². The number of aromatic amines is 1. The maximum Gasteiger partial charge on any atom is 0.341 e. The molecule has 3 aromatic rings. The summed E-state index contributed by atoms with van der Waals surface area (Å²) in [7, 11) is 0. The molecular formula is C19H19F2N3O3S. The molecule has 0 unspecified atom stereocenters. The number of ether oxygens (including phenoxy) is 1. The molecule has 0 radical (unpaired) electrons. The molecule has 6 nitrogen and oxygen atoms in total. The topological polar surface area (TPSA) is 84.1 Å². The maximum atomic E-state index is 12.8. The summed E-state index contributed by atoms with van der Waals surface area (Å²) in [5.74, 6) is -1.38. The number of hydrogen-bond acceptors (Lipinski definition) is 5. The third kappa shape index (κ3) is 3.75. The van der Waals surface area contributed by atoms with Crippen LogP contribution in [0, 0.1) is 6.92 Å². The summed E-state index contributed by atoms with van der Waals surface area (Å²) in [6.45, 7) is 5.75. The first-order chi connectivity index (χ1) is 13.3. The van der Waals surface area contributed by atoms with E-state index in [2.05, 4.69) is 15.3 Å².